The van der Waals surface area contributed by atoms with Crippen molar-refractivity contribution in [1.82, 2.24) is 20.1 Å². The van der Waals surface area contributed by atoms with E-state index in [1.165, 1.54) is 17.4 Å². The number of nitrogens with zero attached hydrogens (tertiary/aromatic N) is 3. The Morgan fingerprint density at radius 1 is 1.28 bits per heavy atom. The first-order chi connectivity index (χ1) is 14.0. The van der Waals surface area contributed by atoms with E-state index >= 15 is 0 Å². The number of morpholine rings is 1. The summed E-state index contributed by atoms with van der Waals surface area (Å²) in [6, 6.07) is 8.61. The lowest BCUT2D eigenvalue weighted by Gasteiger charge is -2.29. The fourth-order valence-electron chi connectivity index (χ4n) is 3.41. The molecule has 1 saturated heterocycles. The summed E-state index contributed by atoms with van der Waals surface area (Å²) in [6.07, 6.45) is 1.44. The number of carbonyl (C=O) groups is 1. The van der Waals surface area contributed by atoms with Gasteiger partial charge in [0.25, 0.3) is 5.91 Å². The minimum absolute atomic E-state index is 0.0639. The summed E-state index contributed by atoms with van der Waals surface area (Å²) in [5, 5.41) is 2.85. The van der Waals surface area contributed by atoms with Gasteiger partial charge in [-0.05, 0) is 26.3 Å². The Hall–Kier alpha value is -2.22. The highest BCUT2D eigenvalue weighted by molar-refractivity contribution is 5.92. The number of hydrogen-bond acceptors (Lipinski definition) is 6. The highest BCUT2D eigenvalue weighted by Crippen LogP contribution is 2.12. The first kappa shape index (κ1) is 21.5. The Balaban J connectivity index is 1.65. The van der Waals surface area contributed by atoms with Gasteiger partial charge in [0.15, 0.2) is 5.69 Å². The Labute approximate surface area is 173 Å². The second-order valence-electron chi connectivity index (χ2n) is 7.91. The van der Waals surface area contributed by atoms with Crippen molar-refractivity contribution in [2.45, 2.75) is 39.9 Å². The normalized spacial score (nSPS) is 15.2. The monoisotopic (exact) mass is 400 g/mol. The summed E-state index contributed by atoms with van der Waals surface area (Å²) in [7, 11) is 0. The van der Waals surface area contributed by atoms with Crippen molar-refractivity contribution >= 4 is 5.91 Å². The molecule has 158 valence electrons. The molecule has 0 radical (unpaired) electrons. The number of aromatic nitrogens is 1. The van der Waals surface area contributed by atoms with Gasteiger partial charge < -0.3 is 14.5 Å². The van der Waals surface area contributed by atoms with Crippen molar-refractivity contribution in [3.8, 4) is 0 Å². The van der Waals surface area contributed by atoms with Crippen LogP contribution in [0, 0.1) is 6.92 Å². The van der Waals surface area contributed by atoms with Crippen LogP contribution in [0.1, 0.15) is 41.4 Å². The van der Waals surface area contributed by atoms with Gasteiger partial charge in [-0.15, -0.1) is 0 Å². The van der Waals surface area contributed by atoms with E-state index in [1.54, 1.807) is 0 Å². The SMILES string of the molecule is Cc1cccc(CN(CCN2CCOCC2)Cc2nc(C(=O)NC(C)C)co2)c1. The minimum Gasteiger partial charge on any atom is -0.447 e. The highest BCUT2D eigenvalue weighted by Gasteiger charge is 2.17. The van der Waals surface area contributed by atoms with Crippen molar-refractivity contribution in [2.24, 2.45) is 0 Å². The Morgan fingerprint density at radius 2 is 2.07 bits per heavy atom. The lowest BCUT2D eigenvalue weighted by molar-refractivity contribution is 0.0320. The quantitative estimate of drug-likeness (QED) is 0.697. The van der Waals surface area contributed by atoms with Crippen molar-refractivity contribution in [1.29, 1.82) is 0 Å². The number of benzene rings is 1. The molecule has 2 aromatic rings. The van der Waals surface area contributed by atoms with Crippen LogP contribution in [-0.2, 0) is 17.8 Å². The van der Waals surface area contributed by atoms with E-state index in [4.69, 9.17) is 9.15 Å². The predicted molar refractivity (Wildman–Crippen MR) is 112 cm³/mol. The zero-order valence-electron chi connectivity index (χ0n) is 17.7. The van der Waals surface area contributed by atoms with Gasteiger partial charge in [0.05, 0.1) is 19.8 Å². The number of nitrogens with one attached hydrogen (secondary N) is 1. The van der Waals surface area contributed by atoms with Crippen LogP contribution in [0.3, 0.4) is 0 Å². The van der Waals surface area contributed by atoms with E-state index in [-0.39, 0.29) is 11.9 Å². The minimum atomic E-state index is -0.200. The number of oxazole rings is 1. The molecule has 0 atom stereocenters. The molecule has 1 aliphatic rings. The third kappa shape index (κ3) is 6.96. The number of carbonyl (C=O) groups excluding carboxylic acids is 1. The summed E-state index contributed by atoms with van der Waals surface area (Å²) in [6.45, 7) is 12.7. The summed E-state index contributed by atoms with van der Waals surface area (Å²) < 4.78 is 11.0. The van der Waals surface area contributed by atoms with Gasteiger partial charge in [-0.3, -0.25) is 14.6 Å². The number of aryl methyl sites for hydroxylation is 1. The molecule has 7 heteroatoms. The Morgan fingerprint density at radius 3 is 2.79 bits per heavy atom. The van der Waals surface area contributed by atoms with Crippen LogP contribution in [0.15, 0.2) is 34.9 Å². The van der Waals surface area contributed by atoms with E-state index < -0.39 is 0 Å². The van der Waals surface area contributed by atoms with Gasteiger partial charge in [0.1, 0.15) is 6.26 Å². The molecule has 0 saturated carbocycles. The molecule has 0 bridgehead atoms. The Kier molecular flexibility index (Phi) is 7.80. The molecule has 2 heterocycles. The molecule has 1 N–H and O–H groups in total. The van der Waals surface area contributed by atoms with Gasteiger partial charge in [-0.1, -0.05) is 29.8 Å². The van der Waals surface area contributed by atoms with Gasteiger partial charge >= 0.3 is 0 Å². The average molecular weight is 401 g/mol. The van der Waals surface area contributed by atoms with Crippen LogP contribution >= 0.6 is 0 Å². The zero-order chi connectivity index (χ0) is 20.6. The van der Waals surface area contributed by atoms with E-state index in [2.05, 4.69) is 51.3 Å². The molecule has 0 aliphatic carbocycles. The van der Waals surface area contributed by atoms with Gasteiger partial charge in [0, 0.05) is 38.8 Å². The largest absolute Gasteiger partial charge is 0.447 e. The number of hydrogen-bond donors (Lipinski definition) is 1. The summed E-state index contributed by atoms with van der Waals surface area (Å²) in [5.41, 5.74) is 2.84. The van der Waals surface area contributed by atoms with Crippen LogP contribution in [0.25, 0.3) is 0 Å². The number of ether oxygens (including phenoxy) is 1. The zero-order valence-corrected chi connectivity index (χ0v) is 17.7. The third-order valence-corrected chi connectivity index (χ3v) is 4.89. The van der Waals surface area contributed by atoms with Gasteiger partial charge in [0.2, 0.25) is 5.89 Å². The second-order valence-corrected chi connectivity index (χ2v) is 7.91. The smallest absolute Gasteiger partial charge is 0.273 e. The first-order valence-corrected chi connectivity index (χ1v) is 10.3. The maximum Gasteiger partial charge on any atom is 0.273 e. The molecular weight excluding hydrogens is 368 g/mol. The number of amides is 1. The van der Waals surface area contributed by atoms with Crippen molar-refractivity contribution in [2.75, 3.05) is 39.4 Å². The summed E-state index contributed by atoms with van der Waals surface area (Å²) >= 11 is 0. The van der Waals surface area contributed by atoms with Crippen LogP contribution in [0.2, 0.25) is 0 Å². The molecule has 1 amide bonds. The maximum atomic E-state index is 12.1. The lowest BCUT2D eigenvalue weighted by atomic mass is 10.1. The van der Waals surface area contributed by atoms with Crippen molar-refractivity contribution in [3.63, 3.8) is 0 Å². The van der Waals surface area contributed by atoms with E-state index in [0.717, 1.165) is 45.9 Å². The Bertz CT molecular complexity index is 784. The van der Waals surface area contributed by atoms with Gasteiger partial charge in [-0.25, -0.2) is 4.98 Å². The average Bonchev–Trinajstić information content (AvgIpc) is 3.15. The summed E-state index contributed by atoms with van der Waals surface area (Å²) in [5.74, 6) is 0.363. The first-order valence-electron chi connectivity index (χ1n) is 10.3. The molecular formula is C22H32N4O3. The van der Waals surface area contributed by atoms with E-state index in [1.807, 2.05) is 13.8 Å². The van der Waals surface area contributed by atoms with E-state index in [9.17, 15) is 4.79 Å². The summed E-state index contributed by atoms with van der Waals surface area (Å²) in [4.78, 5) is 21.3. The molecule has 1 aromatic heterocycles. The van der Waals surface area contributed by atoms with Crippen LogP contribution in [-0.4, -0.2) is 66.1 Å². The maximum absolute atomic E-state index is 12.1. The van der Waals surface area contributed by atoms with Crippen molar-refractivity contribution in [3.05, 3.63) is 53.2 Å². The fourth-order valence-corrected chi connectivity index (χ4v) is 3.41. The molecule has 1 fully saturated rings. The second kappa shape index (κ2) is 10.5. The lowest BCUT2D eigenvalue weighted by Crippen LogP contribution is -2.41. The molecule has 7 nitrogen and oxygen atoms in total. The van der Waals surface area contributed by atoms with E-state index in [0.29, 0.717) is 18.1 Å². The molecule has 1 aromatic carbocycles. The predicted octanol–water partition coefficient (Wildman–Crippen LogP) is 2.46. The standard InChI is InChI=1S/C22H32N4O3/c1-17(2)23-22(27)20-16-29-21(24-20)15-26(8-7-25-9-11-28-12-10-25)14-19-6-4-5-18(3)13-19/h4-6,13,16-17H,7-12,14-15H2,1-3H3,(H,23,27). The topological polar surface area (TPSA) is 70.8 Å². The van der Waals surface area contributed by atoms with Gasteiger partial charge in [-0.2, -0.15) is 0 Å². The molecule has 29 heavy (non-hydrogen) atoms. The molecule has 0 spiro atoms. The highest BCUT2D eigenvalue weighted by atomic mass is 16.5. The third-order valence-electron chi connectivity index (χ3n) is 4.89. The molecule has 3 rings (SSSR count). The van der Waals surface area contributed by atoms with Crippen LogP contribution in [0.5, 0.6) is 0 Å². The van der Waals surface area contributed by atoms with Crippen LogP contribution < -0.4 is 5.32 Å². The van der Waals surface area contributed by atoms with Crippen molar-refractivity contribution < 1.29 is 13.9 Å². The number of rotatable bonds is 9. The molecule has 0 unspecified atom stereocenters. The van der Waals surface area contributed by atoms with Crippen LogP contribution in [0.4, 0.5) is 0 Å². The molecule has 1 aliphatic heterocycles. The fraction of sp³-hybridized carbons (Fsp3) is 0.545.